The van der Waals surface area contributed by atoms with Crippen LogP contribution < -0.4 is 10.2 Å². The molecule has 0 radical (unpaired) electrons. The van der Waals surface area contributed by atoms with E-state index in [1.807, 2.05) is 12.1 Å². The molecule has 0 saturated heterocycles. The van der Waals surface area contributed by atoms with Crippen molar-refractivity contribution in [3.63, 3.8) is 0 Å². The highest BCUT2D eigenvalue weighted by atomic mass is 16.4. The van der Waals surface area contributed by atoms with Crippen LogP contribution in [-0.2, 0) is 25.0 Å². The van der Waals surface area contributed by atoms with E-state index < -0.39 is 0 Å². The van der Waals surface area contributed by atoms with Crippen LogP contribution in [0, 0.1) is 0 Å². The first-order valence-electron chi connectivity index (χ1n) is 11.2. The van der Waals surface area contributed by atoms with Crippen molar-refractivity contribution >= 4 is 5.91 Å². The number of quaternary nitrogens is 1. The number of benzene rings is 2. The van der Waals surface area contributed by atoms with Crippen molar-refractivity contribution in [1.29, 1.82) is 0 Å². The summed E-state index contributed by atoms with van der Waals surface area (Å²) in [6, 6.07) is 23.6. The molecule has 1 heterocycles. The van der Waals surface area contributed by atoms with E-state index in [0.29, 0.717) is 11.8 Å². The van der Waals surface area contributed by atoms with Crippen molar-refractivity contribution in [2.45, 2.75) is 64.7 Å². The molecule has 1 aromatic heterocycles. The van der Waals surface area contributed by atoms with Gasteiger partial charge in [-0.3, -0.25) is 4.79 Å². The van der Waals surface area contributed by atoms with Gasteiger partial charge in [0.15, 0.2) is 11.5 Å². The molecular formula is C27H33N2O2+. The monoisotopic (exact) mass is 417 g/mol. The highest BCUT2D eigenvalue weighted by molar-refractivity contribution is 5.91. The highest BCUT2D eigenvalue weighted by Crippen LogP contribution is 2.22. The van der Waals surface area contributed by atoms with Crippen LogP contribution in [0.5, 0.6) is 0 Å². The number of rotatable bonds is 8. The first-order chi connectivity index (χ1) is 14.9. The minimum absolute atomic E-state index is 0.101. The molecule has 2 aromatic carbocycles. The number of nitrogens with one attached hydrogen (secondary N) is 2. The van der Waals surface area contributed by atoms with Crippen molar-refractivity contribution in [2.75, 3.05) is 0 Å². The summed E-state index contributed by atoms with van der Waals surface area (Å²) in [5.41, 5.74) is 4.10. The molecule has 31 heavy (non-hydrogen) atoms. The summed E-state index contributed by atoms with van der Waals surface area (Å²) >= 11 is 0. The second-order valence-electron chi connectivity index (χ2n) is 9.73. The van der Waals surface area contributed by atoms with E-state index in [9.17, 15) is 4.79 Å². The van der Waals surface area contributed by atoms with E-state index in [4.69, 9.17) is 4.42 Å². The molecule has 1 atom stereocenters. The molecule has 0 bridgehead atoms. The molecule has 1 aliphatic rings. The number of carbonyl (C=O) groups excluding carboxylic acids is 1. The van der Waals surface area contributed by atoms with E-state index in [0.717, 1.165) is 38.2 Å². The Kier molecular flexibility index (Phi) is 6.28. The van der Waals surface area contributed by atoms with Gasteiger partial charge >= 0.3 is 0 Å². The van der Waals surface area contributed by atoms with Gasteiger partial charge in [-0.25, -0.2) is 0 Å². The topological polar surface area (TPSA) is 46.7 Å². The van der Waals surface area contributed by atoms with Gasteiger partial charge in [0.2, 0.25) is 0 Å². The quantitative estimate of drug-likeness (QED) is 0.575. The fraction of sp³-hybridized carbons (Fsp3) is 0.370. The largest absolute Gasteiger partial charge is 0.450 e. The predicted octanol–water partition coefficient (Wildman–Crippen LogP) is 4.25. The van der Waals surface area contributed by atoms with Gasteiger partial charge in [0, 0.05) is 17.2 Å². The van der Waals surface area contributed by atoms with Gasteiger partial charge < -0.3 is 14.6 Å². The zero-order chi connectivity index (χ0) is 21.8. The molecule has 1 fully saturated rings. The zero-order valence-corrected chi connectivity index (χ0v) is 18.8. The van der Waals surface area contributed by atoms with Crippen LogP contribution in [0.1, 0.15) is 66.6 Å². The first-order valence-corrected chi connectivity index (χ1v) is 11.2. The second kappa shape index (κ2) is 9.11. The minimum atomic E-state index is -0.101. The van der Waals surface area contributed by atoms with Gasteiger partial charge in [-0.1, -0.05) is 75.4 Å². The Morgan fingerprint density at radius 3 is 2.16 bits per heavy atom. The number of carbonyl (C=O) groups is 1. The molecule has 1 aliphatic carbocycles. The van der Waals surface area contributed by atoms with Crippen LogP contribution in [-0.4, -0.2) is 11.9 Å². The number of amides is 1. The molecule has 4 heteroatoms. The van der Waals surface area contributed by atoms with E-state index >= 15 is 0 Å². The molecule has 4 nitrogen and oxygen atoms in total. The molecule has 1 unspecified atom stereocenters. The van der Waals surface area contributed by atoms with E-state index in [1.165, 1.54) is 21.6 Å². The first kappa shape index (κ1) is 21.4. The lowest BCUT2D eigenvalue weighted by Crippen LogP contribution is -3.08. The van der Waals surface area contributed by atoms with Crippen molar-refractivity contribution in [3.8, 4) is 0 Å². The zero-order valence-electron chi connectivity index (χ0n) is 18.8. The lowest BCUT2D eigenvalue weighted by Gasteiger charge is -2.21. The van der Waals surface area contributed by atoms with Crippen molar-refractivity contribution in [2.24, 2.45) is 0 Å². The van der Waals surface area contributed by atoms with Crippen LogP contribution in [0.4, 0.5) is 0 Å². The maximum Gasteiger partial charge on any atom is 0.287 e. The average molecular weight is 418 g/mol. The smallest absolute Gasteiger partial charge is 0.287 e. The Bertz CT molecular complexity index is 996. The lowest BCUT2D eigenvalue weighted by molar-refractivity contribution is -0.942. The summed E-state index contributed by atoms with van der Waals surface area (Å²) in [6.45, 7) is 9.23. The molecular weight excluding hydrogens is 384 g/mol. The van der Waals surface area contributed by atoms with E-state index in [2.05, 4.69) is 74.6 Å². The summed E-state index contributed by atoms with van der Waals surface area (Å²) in [7, 11) is 0. The van der Waals surface area contributed by atoms with Gasteiger partial charge in [-0.05, 0) is 36.0 Å². The third-order valence-corrected chi connectivity index (χ3v) is 5.79. The summed E-state index contributed by atoms with van der Waals surface area (Å²) in [6.07, 6.45) is 2.14. The average Bonchev–Trinajstić information content (AvgIpc) is 3.43. The molecule has 1 saturated carbocycles. The Morgan fingerprint density at radius 1 is 0.903 bits per heavy atom. The standard InChI is InChI=1S/C27H32N2O2/c1-27(2,3)22-11-9-21(10-12-22)18-29(17-20-7-5-4-6-8-20)19-24-15-16-25(31-24)26(30)28-23-13-14-23/h4-12,15-16,23H,13-14,17-19H2,1-3H3,(H,28,30)/p+1. The summed E-state index contributed by atoms with van der Waals surface area (Å²) in [4.78, 5) is 13.7. The fourth-order valence-corrected chi connectivity index (χ4v) is 3.81. The predicted molar refractivity (Wildman–Crippen MR) is 123 cm³/mol. The van der Waals surface area contributed by atoms with Crippen LogP contribution in [0.25, 0.3) is 0 Å². The van der Waals surface area contributed by atoms with E-state index in [1.54, 1.807) is 6.07 Å². The second-order valence-corrected chi connectivity index (χ2v) is 9.73. The molecule has 0 aliphatic heterocycles. The molecule has 162 valence electrons. The van der Waals surface area contributed by atoms with Crippen molar-refractivity contribution in [1.82, 2.24) is 5.32 Å². The van der Waals surface area contributed by atoms with Crippen LogP contribution in [0.2, 0.25) is 0 Å². The van der Waals surface area contributed by atoms with E-state index in [-0.39, 0.29) is 11.3 Å². The lowest BCUT2D eigenvalue weighted by atomic mass is 9.87. The summed E-state index contributed by atoms with van der Waals surface area (Å²) < 4.78 is 5.91. The Morgan fingerprint density at radius 2 is 1.55 bits per heavy atom. The molecule has 2 N–H and O–H groups in total. The van der Waals surface area contributed by atoms with Gasteiger partial charge in [-0.2, -0.15) is 0 Å². The van der Waals surface area contributed by atoms with Gasteiger partial charge in [0.25, 0.3) is 5.91 Å². The van der Waals surface area contributed by atoms with Crippen molar-refractivity contribution in [3.05, 3.63) is 94.9 Å². The van der Waals surface area contributed by atoms with Gasteiger partial charge in [-0.15, -0.1) is 0 Å². The Hall–Kier alpha value is -2.85. The van der Waals surface area contributed by atoms with Gasteiger partial charge in [0.1, 0.15) is 19.6 Å². The minimum Gasteiger partial charge on any atom is -0.450 e. The van der Waals surface area contributed by atoms with Crippen LogP contribution in [0.3, 0.4) is 0 Å². The van der Waals surface area contributed by atoms with Crippen molar-refractivity contribution < 1.29 is 14.1 Å². The maximum absolute atomic E-state index is 12.3. The van der Waals surface area contributed by atoms with Gasteiger partial charge in [0.05, 0.1) is 0 Å². The summed E-state index contributed by atoms with van der Waals surface area (Å²) in [5, 5.41) is 2.99. The third kappa shape index (κ3) is 6.08. The third-order valence-electron chi connectivity index (χ3n) is 5.79. The molecule has 1 amide bonds. The summed E-state index contributed by atoms with van der Waals surface area (Å²) in [5.74, 6) is 1.16. The van der Waals surface area contributed by atoms with Crippen LogP contribution in [0.15, 0.2) is 71.1 Å². The Balaban J connectivity index is 1.47. The molecule has 4 rings (SSSR count). The molecule has 0 spiro atoms. The SMILES string of the molecule is CC(C)(C)c1ccc(C[NH+](Cc2ccccc2)Cc2ccc(C(=O)NC3CC3)o2)cc1. The highest BCUT2D eigenvalue weighted by Gasteiger charge is 2.25. The maximum atomic E-state index is 12.3. The fourth-order valence-electron chi connectivity index (χ4n) is 3.81. The molecule has 3 aromatic rings. The normalized spacial score (nSPS) is 14.9. The Labute approximate surface area is 185 Å². The number of hydrogen-bond acceptors (Lipinski definition) is 2. The number of hydrogen-bond donors (Lipinski definition) is 2. The van der Waals surface area contributed by atoms with Crippen LogP contribution >= 0.6 is 0 Å². The number of furan rings is 1.